The third-order valence-corrected chi connectivity index (χ3v) is 6.98. The van der Waals surface area contributed by atoms with Gasteiger partial charge in [-0.25, -0.2) is 13.2 Å². The van der Waals surface area contributed by atoms with Crippen LogP contribution in [0.2, 0.25) is 0 Å². The number of benzene rings is 3. The van der Waals surface area contributed by atoms with Gasteiger partial charge >= 0.3 is 6.03 Å². The summed E-state index contributed by atoms with van der Waals surface area (Å²) in [5.74, 6) is -0.0436. The number of carbonyl (C=O) groups is 1. The first-order chi connectivity index (χ1) is 15.0. The molecule has 0 bridgehead atoms. The van der Waals surface area contributed by atoms with Gasteiger partial charge in [-0.05, 0) is 59.5 Å². The van der Waals surface area contributed by atoms with Crippen molar-refractivity contribution in [1.29, 1.82) is 0 Å². The van der Waals surface area contributed by atoms with E-state index in [-0.39, 0.29) is 16.7 Å². The molecule has 4 rings (SSSR count). The quantitative estimate of drug-likeness (QED) is 0.552. The van der Waals surface area contributed by atoms with Crippen LogP contribution in [-0.2, 0) is 35.1 Å². The van der Waals surface area contributed by atoms with Gasteiger partial charge in [0.15, 0.2) is 9.84 Å². The van der Waals surface area contributed by atoms with Crippen molar-refractivity contribution in [2.45, 2.75) is 30.2 Å². The van der Waals surface area contributed by atoms with Gasteiger partial charge in [0.25, 0.3) is 0 Å². The first-order valence-electron chi connectivity index (χ1n) is 10.2. The van der Waals surface area contributed by atoms with Gasteiger partial charge in [-0.15, -0.1) is 0 Å². The third-order valence-electron chi connectivity index (χ3n) is 5.28. The van der Waals surface area contributed by atoms with E-state index in [9.17, 15) is 13.2 Å². The van der Waals surface area contributed by atoms with Crippen molar-refractivity contribution in [3.05, 3.63) is 95.1 Å². The van der Waals surface area contributed by atoms with Gasteiger partial charge in [0.05, 0.1) is 10.6 Å². The SMILES string of the molecule is O=C(NCc1ccccc1)Nc1ccc(S(=O)(=O)Cc2ccc3c(c2)CCNC3)cc1. The molecule has 1 heterocycles. The number of rotatable bonds is 6. The van der Waals surface area contributed by atoms with E-state index in [1.54, 1.807) is 12.1 Å². The van der Waals surface area contributed by atoms with E-state index in [1.807, 2.05) is 48.5 Å². The zero-order valence-electron chi connectivity index (χ0n) is 17.1. The van der Waals surface area contributed by atoms with Crippen LogP contribution in [0.15, 0.2) is 77.7 Å². The lowest BCUT2D eigenvalue weighted by atomic mass is 9.99. The molecule has 0 saturated carbocycles. The Morgan fingerprint density at radius 2 is 1.68 bits per heavy atom. The maximum atomic E-state index is 12.9. The summed E-state index contributed by atoms with van der Waals surface area (Å²) in [6.07, 6.45) is 0.913. The molecule has 1 aliphatic heterocycles. The first-order valence-corrected chi connectivity index (χ1v) is 11.9. The van der Waals surface area contributed by atoms with Gasteiger partial charge in [-0.1, -0.05) is 48.5 Å². The molecular weight excluding hydrogens is 410 g/mol. The monoisotopic (exact) mass is 435 g/mol. The molecule has 0 spiro atoms. The average molecular weight is 436 g/mol. The maximum Gasteiger partial charge on any atom is 0.319 e. The molecule has 0 fully saturated rings. The van der Waals surface area contributed by atoms with E-state index in [0.717, 1.165) is 30.6 Å². The maximum absolute atomic E-state index is 12.9. The lowest BCUT2D eigenvalue weighted by Gasteiger charge is -2.18. The number of sulfone groups is 1. The predicted octanol–water partition coefficient (Wildman–Crippen LogP) is 3.63. The van der Waals surface area contributed by atoms with E-state index in [2.05, 4.69) is 16.0 Å². The molecular formula is C24H25N3O3S. The van der Waals surface area contributed by atoms with Crippen LogP contribution in [0.3, 0.4) is 0 Å². The van der Waals surface area contributed by atoms with Crippen molar-refractivity contribution in [1.82, 2.24) is 10.6 Å². The second-order valence-corrected chi connectivity index (χ2v) is 9.60. The summed E-state index contributed by atoms with van der Waals surface area (Å²) < 4.78 is 25.7. The molecule has 0 aliphatic carbocycles. The molecule has 160 valence electrons. The summed E-state index contributed by atoms with van der Waals surface area (Å²) >= 11 is 0. The molecule has 1 aliphatic rings. The van der Waals surface area contributed by atoms with Crippen molar-refractivity contribution < 1.29 is 13.2 Å². The standard InChI is InChI=1S/C24H25N3O3S/c28-24(26-15-18-4-2-1-3-5-18)27-22-8-10-23(11-9-22)31(29,30)17-19-6-7-21-16-25-13-12-20(21)14-19/h1-11,14,25H,12-13,15-17H2,(H2,26,27,28). The molecule has 3 aromatic rings. The largest absolute Gasteiger partial charge is 0.334 e. The van der Waals surface area contributed by atoms with Crippen molar-refractivity contribution in [2.24, 2.45) is 0 Å². The topological polar surface area (TPSA) is 87.3 Å². The number of hydrogen-bond donors (Lipinski definition) is 3. The van der Waals surface area contributed by atoms with Crippen molar-refractivity contribution in [2.75, 3.05) is 11.9 Å². The minimum atomic E-state index is -3.48. The van der Waals surface area contributed by atoms with Crippen LogP contribution in [0.1, 0.15) is 22.3 Å². The Morgan fingerprint density at radius 3 is 2.45 bits per heavy atom. The second kappa shape index (κ2) is 9.32. The Labute approximate surface area is 182 Å². The van der Waals surface area contributed by atoms with Crippen LogP contribution in [-0.4, -0.2) is 21.0 Å². The number of carbonyl (C=O) groups excluding carboxylic acids is 1. The van der Waals surface area contributed by atoms with Crippen LogP contribution in [0.4, 0.5) is 10.5 Å². The average Bonchev–Trinajstić information content (AvgIpc) is 2.78. The van der Waals surface area contributed by atoms with Gasteiger partial charge in [0.2, 0.25) is 0 Å². The number of hydrogen-bond acceptors (Lipinski definition) is 4. The summed E-state index contributed by atoms with van der Waals surface area (Å²) in [4.78, 5) is 12.3. The van der Waals surface area contributed by atoms with Crippen LogP contribution in [0.5, 0.6) is 0 Å². The van der Waals surface area contributed by atoms with Crippen LogP contribution in [0.25, 0.3) is 0 Å². The molecule has 7 heteroatoms. The summed E-state index contributed by atoms with van der Waals surface area (Å²) in [6, 6.07) is 21.4. The number of nitrogens with one attached hydrogen (secondary N) is 3. The zero-order chi connectivity index (χ0) is 21.7. The zero-order valence-corrected chi connectivity index (χ0v) is 17.9. The molecule has 0 radical (unpaired) electrons. The normalized spacial score (nSPS) is 13.3. The second-order valence-electron chi connectivity index (χ2n) is 7.61. The highest BCUT2D eigenvalue weighted by Crippen LogP contribution is 2.22. The predicted molar refractivity (Wildman–Crippen MR) is 121 cm³/mol. The first kappa shape index (κ1) is 21.1. The molecule has 2 amide bonds. The summed E-state index contributed by atoms with van der Waals surface area (Å²) in [5.41, 5.74) is 4.77. The fourth-order valence-electron chi connectivity index (χ4n) is 3.62. The molecule has 0 aromatic heterocycles. The smallest absolute Gasteiger partial charge is 0.319 e. The van der Waals surface area contributed by atoms with Gasteiger partial charge < -0.3 is 16.0 Å². The van der Waals surface area contributed by atoms with Crippen LogP contribution >= 0.6 is 0 Å². The Morgan fingerprint density at radius 1 is 0.903 bits per heavy atom. The van der Waals surface area contributed by atoms with Crippen molar-refractivity contribution in [3.8, 4) is 0 Å². The molecule has 3 aromatic carbocycles. The van der Waals surface area contributed by atoms with E-state index in [0.29, 0.717) is 12.2 Å². The molecule has 0 unspecified atom stereocenters. The number of urea groups is 1. The summed E-state index contributed by atoms with van der Waals surface area (Å²) in [7, 11) is -3.48. The van der Waals surface area contributed by atoms with Crippen molar-refractivity contribution in [3.63, 3.8) is 0 Å². The van der Waals surface area contributed by atoms with E-state index in [4.69, 9.17) is 0 Å². The van der Waals surface area contributed by atoms with Gasteiger partial charge in [0, 0.05) is 18.8 Å². The summed E-state index contributed by atoms with van der Waals surface area (Å²) in [5, 5.41) is 8.82. The minimum absolute atomic E-state index is 0.0436. The number of amides is 2. The van der Waals surface area contributed by atoms with E-state index >= 15 is 0 Å². The van der Waals surface area contributed by atoms with Gasteiger partial charge in [0.1, 0.15) is 0 Å². The Kier molecular flexibility index (Phi) is 6.34. The van der Waals surface area contributed by atoms with E-state index < -0.39 is 9.84 Å². The summed E-state index contributed by atoms with van der Waals surface area (Å²) in [6.45, 7) is 2.16. The lowest BCUT2D eigenvalue weighted by molar-refractivity contribution is 0.251. The highest BCUT2D eigenvalue weighted by Gasteiger charge is 2.17. The molecule has 6 nitrogen and oxygen atoms in total. The lowest BCUT2D eigenvalue weighted by Crippen LogP contribution is -2.28. The highest BCUT2D eigenvalue weighted by molar-refractivity contribution is 7.90. The minimum Gasteiger partial charge on any atom is -0.334 e. The fourth-order valence-corrected chi connectivity index (χ4v) is 4.96. The van der Waals surface area contributed by atoms with E-state index in [1.165, 1.54) is 23.3 Å². The molecule has 3 N–H and O–H groups in total. The molecule has 0 atom stereocenters. The number of fused-ring (bicyclic) bond motifs is 1. The Bertz CT molecular complexity index is 1160. The van der Waals surface area contributed by atoms with Crippen LogP contribution < -0.4 is 16.0 Å². The van der Waals surface area contributed by atoms with Gasteiger partial charge in [-0.3, -0.25) is 0 Å². The molecule has 31 heavy (non-hydrogen) atoms. The highest BCUT2D eigenvalue weighted by atomic mass is 32.2. The van der Waals surface area contributed by atoms with Gasteiger partial charge in [-0.2, -0.15) is 0 Å². The third kappa shape index (κ3) is 5.51. The molecule has 0 saturated heterocycles. The number of anilines is 1. The Balaban J connectivity index is 1.37. The fraction of sp³-hybridized carbons (Fsp3) is 0.208. The Hall–Kier alpha value is -3.16. The van der Waals surface area contributed by atoms with Crippen LogP contribution in [0, 0.1) is 0 Å². The van der Waals surface area contributed by atoms with Crippen molar-refractivity contribution >= 4 is 21.6 Å².